The first-order chi connectivity index (χ1) is 13.3. The number of ketones is 1. The lowest BCUT2D eigenvalue weighted by molar-refractivity contribution is -0.00585. The topological polar surface area (TPSA) is 46.6 Å². The molecule has 0 aromatic heterocycles. The van der Waals surface area contributed by atoms with Crippen LogP contribution in [0.25, 0.3) is 0 Å². The largest absolute Gasteiger partial charge is 0.486 e. The lowest BCUT2D eigenvalue weighted by Gasteiger charge is -2.44. The number of nitrogens with zero attached hydrogens (tertiary/aromatic N) is 1. The molecule has 0 unspecified atom stereocenters. The van der Waals surface area contributed by atoms with Gasteiger partial charge >= 0.3 is 0 Å². The Kier molecular flexibility index (Phi) is 4.44. The molecule has 2 aromatic carbocycles. The van der Waals surface area contributed by atoms with Crippen LogP contribution in [0.15, 0.2) is 30.3 Å². The number of rotatable bonds is 1. The zero-order chi connectivity index (χ0) is 20.1. The molecule has 2 aliphatic rings. The highest BCUT2D eigenvalue weighted by atomic mass is 19.1. The number of hydrogen-bond donors (Lipinski definition) is 0. The molecular weight excluding hydrogens is 364 g/mol. The van der Waals surface area contributed by atoms with E-state index in [1.54, 1.807) is 0 Å². The zero-order valence-electron chi connectivity index (χ0n) is 15.9. The number of halogens is 2. The van der Waals surface area contributed by atoms with Crippen molar-refractivity contribution >= 4 is 11.7 Å². The van der Waals surface area contributed by atoms with E-state index in [1.807, 2.05) is 26.0 Å². The molecule has 0 N–H and O–H groups in total. The van der Waals surface area contributed by atoms with Crippen molar-refractivity contribution in [1.82, 2.24) is 4.90 Å². The highest BCUT2D eigenvalue weighted by Gasteiger charge is 2.44. The van der Waals surface area contributed by atoms with Crippen LogP contribution in [0.1, 0.15) is 51.1 Å². The number of ether oxygens (including phenoxy) is 1. The number of aryl methyl sites for hydroxylation is 2. The molecule has 1 fully saturated rings. The quantitative estimate of drug-likeness (QED) is 0.738. The van der Waals surface area contributed by atoms with Gasteiger partial charge in [-0.15, -0.1) is 0 Å². The maximum atomic E-state index is 13.9. The van der Waals surface area contributed by atoms with Crippen LogP contribution in [0.3, 0.4) is 0 Å². The summed E-state index contributed by atoms with van der Waals surface area (Å²) in [6, 6.07) is 6.62. The van der Waals surface area contributed by atoms with Gasteiger partial charge in [0.1, 0.15) is 23.0 Å². The highest BCUT2D eigenvalue weighted by Crippen LogP contribution is 2.40. The second-order valence-corrected chi connectivity index (χ2v) is 7.73. The SMILES string of the molecule is Cc1cc2c(cc1C)C(=O)CC1(CCN(C(=O)c3cc(F)ccc3F)CC1)O2. The van der Waals surface area contributed by atoms with E-state index in [0.29, 0.717) is 37.2 Å². The molecule has 1 spiro atoms. The third-order valence-corrected chi connectivity index (χ3v) is 5.83. The summed E-state index contributed by atoms with van der Waals surface area (Å²) in [6.07, 6.45) is 1.19. The standard InChI is InChI=1S/C22H21F2NO3/c1-13-9-17-19(26)12-22(28-20(17)10-14(13)2)5-7-25(8-6-22)21(27)16-11-15(23)3-4-18(16)24/h3-4,9-11H,5-8,12H2,1-2H3. The maximum absolute atomic E-state index is 13.9. The summed E-state index contributed by atoms with van der Waals surface area (Å²) in [5, 5.41) is 0. The summed E-state index contributed by atoms with van der Waals surface area (Å²) in [5.74, 6) is -1.30. The fourth-order valence-electron chi connectivity index (χ4n) is 3.98. The van der Waals surface area contributed by atoms with Crippen LogP contribution >= 0.6 is 0 Å². The van der Waals surface area contributed by atoms with E-state index in [4.69, 9.17) is 4.74 Å². The summed E-state index contributed by atoms with van der Waals surface area (Å²) < 4.78 is 33.6. The van der Waals surface area contributed by atoms with Crippen LogP contribution in [0, 0.1) is 25.5 Å². The molecule has 0 aliphatic carbocycles. The summed E-state index contributed by atoms with van der Waals surface area (Å²) in [6.45, 7) is 4.58. The first-order valence-electron chi connectivity index (χ1n) is 9.36. The van der Waals surface area contributed by atoms with E-state index >= 15 is 0 Å². The highest BCUT2D eigenvalue weighted by molar-refractivity contribution is 6.00. The minimum absolute atomic E-state index is 0.0419. The molecule has 6 heteroatoms. The molecule has 0 atom stereocenters. The van der Waals surface area contributed by atoms with Gasteiger partial charge in [0.05, 0.1) is 17.5 Å². The lowest BCUT2D eigenvalue weighted by Crippen LogP contribution is -2.52. The number of likely N-dealkylation sites (tertiary alicyclic amines) is 1. The first-order valence-corrected chi connectivity index (χ1v) is 9.36. The van der Waals surface area contributed by atoms with Crippen molar-refractivity contribution in [3.63, 3.8) is 0 Å². The van der Waals surface area contributed by atoms with Gasteiger partial charge in [-0.2, -0.15) is 0 Å². The first kappa shape index (κ1) is 18.6. The van der Waals surface area contributed by atoms with Gasteiger partial charge < -0.3 is 9.64 Å². The second-order valence-electron chi connectivity index (χ2n) is 7.73. The molecule has 146 valence electrons. The molecule has 2 aliphatic heterocycles. The molecule has 0 radical (unpaired) electrons. The molecule has 0 saturated carbocycles. The van der Waals surface area contributed by atoms with E-state index < -0.39 is 23.1 Å². The normalized spacial score (nSPS) is 18.0. The summed E-state index contributed by atoms with van der Waals surface area (Å²) in [7, 11) is 0. The Balaban J connectivity index is 1.52. The van der Waals surface area contributed by atoms with Crippen LogP contribution in [0.2, 0.25) is 0 Å². The third-order valence-electron chi connectivity index (χ3n) is 5.83. The molecule has 2 heterocycles. The fraction of sp³-hybridized carbons (Fsp3) is 0.364. The van der Waals surface area contributed by atoms with Crippen LogP contribution in [0.4, 0.5) is 8.78 Å². The van der Waals surface area contributed by atoms with Gasteiger partial charge in [0.15, 0.2) is 5.78 Å². The molecule has 1 saturated heterocycles. The van der Waals surface area contributed by atoms with Gasteiger partial charge in [0.2, 0.25) is 0 Å². The van der Waals surface area contributed by atoms with Gasteiger partial charge in [-0.3, -0.25) is 9.59 Å². The van der Waals surface area contributed by atoms with Crippen molar-refractivity contribution in [2.45, 2.75) is 38.7 Å². The predicted molar refractivity (Wildman–Crippen MR) is 99.7 cm³/mol. The van der Waals surface area contributed by atoms with Crippen LogP contribution in [-0.4, -0.2) is 35.3 Å². The Labute approximate surface area is 162 Å². The maximum Gasteiger partial charge on any atom is 0.256 e. The average molecular weight is 385 g/mol. The fourth-order valence-corrected chi connectivity index (χ4v) is 3.98. The van der Waals surface area contributed by atoms with Crippen molar-refractivity contribution in [3.8, 4) is 5.75 Å². The minimum Gasteiger partial charge on any atom is -0.486 e. The Bertz CT molecular complexity index is 978. The summed E-state index contributed by atoms with van der Waals surface area (Å²) in [4.78, 5) is 26.8. The van der Waals surface area contributed by atoms with Crippen LogP contribution in [0.5, 0.6) is 5.75 Å². The van der Waals surface area contributed by atoms with Gasteiger partial charge in [-0.25, -0.2) is 8.78 Å². The van der Waals surface area contributed by atoms with Crippen LogP contribution < -0.4 is 4.74 Å². The van der Waals surface area contributed by atoms with E-state index in [2.05, 4.69) is 0 Å². The van der Waals surface area contributed by atoms with Crippen molar-refractivity contribution in [2.75, 3.05) is 13.1 Å². The summed E-state index contributed by atoms with van der Waals surface area (Å²) >= 11 is 0. The third kappa shape index (κ3) is 3.17. The Morgan fingerprint density at radius 2 is 1.75 bits per heavy atom. The number of piperidine rings is 1. The number of benzene rings is 2. The Morgan fingerprint density at radius 3 is 2.46 bits per heavy atom. The molecule has 4 nitrogen and oxygen atoms in total. The number of Topliss-reactive ketones (excluding diaryl/α,β-unsaturated/α-hetero) is 1. The smallest absolute Gasteiger partial charge is 0.256 e. The van der Waals surface area contributed by atoms with Crippen LogP contribution in [-0.2, 0) is 0 Å². The molecule has 1 amide bonds. The Morgan fingerprint density at radius 1 is 1.07 bits per heavy atom. The molecular formula is C22H21F2NO3. The van der Waals surface area contributed by atoms with Crippen molar-refractivity contribution in [3.05, 3.63) is 64.2 Å². The number of fused-ring (bicyclic) bond motifs is 1. The second kappa shape index (κ2) is 6.69. The molecule has 0 bridgehead atoms. The van der Waals surface area contributed by atoms with E-state index in [9.17, 15) is 18.4 Å². The monoisotopic (exact) mass is 385 g/mol. The van der Waals surface area contributed by atoms with Gasteiger partial charge in [0, 0.05) is 25.9 Å². The van der Waals surface area contributed by atoms with E-state index in [0.717, 1.165) is 29.3 Å². The van der Waals surface area contributed by atoms with Gasteiger partial charge in [-0.05, 0) is 55.3 Å². The van der Waals surface area contributed by atoms with Crippen molar-refractivity contribution in [1.29, 1.82) is 0 Å². The number of amides is 1. The van der Waals surface area contributed by atoms with E-state index in [-0.39, 0.29) is 17.8 Å². The van der Waals surface area contributed by atoms with E-state index in [1.165, 1.54) is 4.90 Å². The molecule has 2 aromatic rings. The lowest BCUT2D eigenvalue weighted by atomic mass is 9.81. The Hall–Kier alpha value is -2.76. The molecule has 28 heavy (non-hydrogen) atoms. The average Bonchev–Trinajstić information content (AvgIpc) is 2.65. The molecule has 4 rings (SSSR count). The predicted octanol–water partition coefficient (Wildman–Crippen LogP) is 4.22. The summed E-state index contributed by atoms with van der Waals surface area (Å²) in [5.41, 5.74) is 1.78. The van der Waals surface area contributed by atoms with Crippen molar-refractivity contribution < 1.29 is 23.1 Å². The van der Waals surface area contributed by atoms with Gasteiger partial charge in [0.25, 0.3) is 5.91 Å². The zero-order valence-corrected chi connectivity index (χ0v) is 15.9. The number of carbonyl (C=O) groups is 2. The number of hydrogen-bond acceptors (Lipinski definition) is 3. The number of carbonyl (C=O) groups excluding carboxylic acids is 2. The van der Waals surface area contributed by atoms with Gasteiger partial charge in [-0.1, -0.05) is 0 Å². The minimum atomic E-state index is -0.740. The van der Waals surface area contributed by atoms with Crippen molar-refractivity contribution in [2.24, 2.45) is 0 Å².